The van der Waals surface area contributed by atoms with E-state index < -0.39 is 56.4 Å². The summed E-state index contributed by atoms with van der Waals surface area (Å²) in [6.07, 6.45) is 0.392. The van der Waals surface area contributed by atoms with Gasteiger partial charge in [-0.2, -0.15) is 0 Å². The number of carbonyl (C=O) groups excluding carboxylic acids is 3. The fraction of sp³-hybridized carbons (Fsp3) is 0.281. The van der Waals surface area contributed by atoms with Crippen LogP contribution in [0.25, 0.3) is 0 Å². The fourth-order valence-corrected chi connectivity index (χ4v) is 5.56. The zero-order valence-electron chi connectivity index (χ0n) is 25.7. The van der Waals surface area contributed by atoms with E-state index in [1.54, 1.807) is 42.5 Å². The van der Waals surface area contributed by atoms with Crippen molar-refractivity contribution in [1.82, 2.24) is 16.0 Å². The Morgan fingerprint density at radius 3 is 1.65 bits per heavy atom. The third-order valence-corrected chi connectivity index (χ3v) is 8.11. The number of benzene rings is 3. The standard InChI is InChI=1S/C32H33B2N3O11/c38-28(39)6-5-27(32(43)44)37-31(42)24-12-18(16-35-29(40)22-3-1-20-7-9-47-33(45)25(20)14-22)11-19(13-24)17-36-30(41)23-4-2-21-8-10-48-34(46)26(21)15-23/h1-4,11-15,27,45-46H,5-10,16-17H2,(H,35,40)(H,36,41)(H,37,42)(H,38,39)(H,43,44)/t27-/m0/s1. The van der Waals surface area contributed by atoms with Crippen molar-refractivity contribution in [2.24, 2.45) is 0 Å². The molecule has 7 N–H and O–H groups in total. The molecule has 248 valence electrons. The van der Waals surface area contributed by atoms with Gasteiger partial charge in [0.1, 0.15) is 6.04 Å². The van der Waals surface area contributed by atoms with Crippen molar-refractivity contribution >= 4 is 54.8 Å². The molecular weight excluding hydrogens is 624 g/mol. The van der Waals surface area contributed by atoms with Crippen LogP contribution in [0.15, 0.2) is 54.6 Å². The average Bonchev–Trinajstić information content (AvgIpc) is 3.07. The van der Waals surface area contributed by atoms with Gasteiger partial charge in [-0.1, -0.05) is 18.2 Å². The quantitative estimate of drug-likeness (QED) is 0.119. The van der Waals surface area contributed by atoms with Crippen molar-refractivity contribution in [3.63, 3.8) is 0 Å². The van der Waals surface area contributed by atoms with E-state index in [-0.39, 0.29) is 36.2 Å². The second-order valence-corrected chi connectivity index (χ2v) is 11.5. The minimum absolute atomic E-state index is 0.0238. The molecule has 3 aromatic carbocycles. The molecule has 0 aromatic heterocycles. The number of carboxylic acid groups (broad SMARTS) is 2. The summed E-state index contributed by atoms with van der Waals surface area (Å²) >= 11 is 0. The molecule has 16 heteroatoms. The number of amides is 3. The summed E-state index contributed by atoms with van der Waals surface area (Å²) < 4.78 is 10.5. The minimum atomic E-state index is -1.47. The van der Waals surface area contributed by atoms with E-state index in [0.717, 1.165) is 11.1 Å². The lowest BCUT2D eigenvalue weighted by Gasteiger charge is -2.19. The van der Waals surface area contributed by atoms with Crippen molar-refractivity contribution in [1.29, 1.82) is 0 Å². The summed E-state index contributed by atoms with van der Waals surface area (Å²) in [5.74, 6) is -4.33. The van der Waals surface area contributed by atoms with Crippen LogP contribution in [0.4, 0.5) is 0 Å². The van der Waals surface area contributed by atoms with Gasteiger partial charge in [-0.3, -0.25) is 19.2 Å². The summed E-state index contributed by atoms with van der Waals surface area (Å²) in [7, 11) is -2.28. The molecule has 5 rings (SSSR count). The molecule has 0 saturated heterocycles. The van der Waals surface area contributed by atoms with Gasteiger partial charge in [0.25, 0.3) is 17.7 Å². The number of rotatable bonds is 12. The summed E-state index contributed by atoms with van der Waals surface area (Å²) in [6.45, 7) is 0.622. The molecule has 2 heterocycles. The first-order chi connectivity index (χ1) is 23.0. The van der Waals surface area contributed by atoms with Gasteiger partial charge in [0.2, 0.25) is 0 Å². The normalized spacial score (nSPS) is 14.3. The molecule has 48 heavy (non-hydrogen) atoms. The molecule has 0 radical (unpaired) electrons. The molecule has 1 atom stereocenters. The third-order valence-electron chi connectivity index (χ3n) is 8.11. The highest BCUT2D eigenvalue weighted by Crippen LogP contribution is 2.15. The van der Waals surface area contributed by atoms with Gasteiger partial charge in [-0.15, -0.1) is 0 Å². The van der Waals surface area contributed by atoms with Gasteiger partial charge in [0.15, 0.2) is 0 Å². The summed E-state index contributed by atoms with van der Waals surface area (Å²) in [5.41, 5.74) is 4.24. The van der Waals surface area contributed by atoms with Crippen LogP contribution in [-0.2, 0) is 44.8 Å². The van der Waals surface area contributed by atoms with E-state index in [1.807, 2.05) is 0 Å². The number of hydrogen-bond acceptors (Lipinski definition) is 9. The summed E-state index contributed by atoms with van der Waals surface area (Å²) in [6, 6.07) is 13.0. The predicted molar refractivity (Wildman–Crippen MR) is 172 cm³/mol. The van der Waals surface area contributed by atoms with Gasteiger partial charge in [-0.25, -0.2) is 4.79 Å². The smallest absolute Gasteiger partial charge is 0.481 e. The first-order valence-electron chi connectivity index (χ1n) is 15.3. The highest BCUT2D eigenvalue weighted by atomic mass is 16.5. The maximum atomic E-state index is 13.2. The lowest BCUT2D eigenvalue weighted by molar-refractivity contribution is -0.140. The van der Waals surface area contributed by atoms with Crippen LogP contribution < -0.4 is 26.9 Å². The Bertz CT molecular complexity index is 1650. The van der Waals surface area contributed by atoms with Crippen LogP contribution in [0.1, 0.15) is 66.2 Å². The molecule has 0 bridgehead atoms. The number of nitrogens with one attached hydrogen (secondary N) is 3. The van der Waals surface area contributed by atoms with E-state index in [1.165, 1.54) is 12.1 Å². The van der Waals surface area contributed by atoms with Gasteiger partial charge in [-0.05, 0) is 88.8 Å². The maximum Gasteiger partial charge on any atom is 0.491 e. The summed E-state index contributed by atoms with van der Waals surface area (Å²) in [4.78, 5) is 62.0. The molecule has 0 aliphatic carbocycles. The lowest BCUT2D eigenvalue weighted by Crippen LogP contribution is -2.42. The van der Waals surface area contributed by atoms with E-state index in [2.05, 4.69) is 16.0 Å². The van der Waals surface area contributed by atoms with Crippen LogP contribution >= 0.6 is 0 Å². The van der Waals surface area contributed by atoms with Gasteiger partial charge in [0.05, 0.1) is 0 Å². The van der Waals surface area contributed by atoms with Crippen LogP contribution in [0, 0.1) is 0 Å². The zero-order valence-corrected chi connectivity index (χ0v) is 25.7. The lowest BCUT2D eigenvalue weighted by atomic mass is 9.73. The van der Waals surface area contributed by atoms with Crippen LogP contribution in [0.5, 0.6) is 0 Å². The molecule has 2 aliphatic heterocycles. The first kappa shape index (κ1) is 34.3. The highest BCUT2D eigenvalue weighted by Gasteiger charge is 2.27. The molecule has 0 spiro atoms. The van der Waals surface area contributed by atoms with E-state index >= 15 is 0 Å². The average molecular weight is 657 g/mol. The molecule has 0 fully saturated rings. The van der Waals surface area contributed by atoms with E-state index in [0.29, 0.717) is 48.1 Å². The van der Waals surface area contributed by atoms with Gasteiger partial charge >= 0.3 is 26.2 Å². The topological polar surface area (TPSA) is 221 Å². The number of carboxylic acids is 2. The Balaban J connectivity index is 1.34. The Hall–Kier alpha value is -5.02. The number of fused-ring (bicyclic) bond motifs is 2. The SMILES string of the molecule is O=C(O)CC[C@H](NC(=O)c1cc(CNC(=O)c2ccc3c(c2)B(O)OCC3)cc(CNC(=O)c2ccc3c(c2)B(O)OCC3)c1)C(=O)O. The van der Waals surface area contributed by atoms with Crippen molar-refractivity contribution in [2.45, 2.75) is 44.8 Å². The van der Waals surface area contributed by atoms with Crippen molar-refractivity contribution in [3.8, 4) is 0 Å². The Labute approximate surface area is 275 Å². The highest BCUT2D eigenvalue weighted by molar-refractivity contribution is 6.61. The molecule has 3 aromatic rings. The fourth-order valence-electron chi connectivity index (χ4n) is 5.56. The van der Waals surface area contributed by atoms with E-state index in [9.17, 15) is 39.1 Å². The maximum absolute atomic E-state index is 13.2. The van der Waals surface area contributed by atoms with Crippen LogP contribution in [0.3, 0.4) is 0 Å². The summed E-state index contributed by atoms with van der Waals surface area (Å²) in [5, 5.41) is 46.7. The molecule has 0 saturated carbocycles. The van der Waals surface area contributed by atoms with Crippen molar-refractivity contribution in [3.05, 3.63) is 93.5 Å². The third kappa shape index (κ3) is 8.46. The molecule has 0 unspecified atom stereocenters. The van der Waals surface area contributed by atoms with Gasteiger partial charge in [0, 0.05) is 49.4 Å². The second kappa shape index (κ2) is 15.3. The Morgan fingerprint density at radius 2 is 1.19 bits per heavy atom. The molecule has 2 aliphatic rings. The largest absolute Gasteiger partial charge is 0.491 e. The monoisotopic (exact) mass is 657 g/mol. The Morgan fingerprint density at radius 1 is 0.688 bits per heavy atom. The Kier molecular flexibility index (Phi) is 10.9. The number of carbonyl (C=O) groups is 5. The number of aliphatic carboxylic acids is 2. The molecule has 3 amide bonds. The predicted octanol–water partition coefficient (Wildman–Crippen LogP) is -0.885. The second-order valence-electron chi connectivity index (χ2n) is 11.5. The van der Waals surface area contributed by atoms with Gasteiger partial charge < -0.3 is 45.5 Å². The molecule has 14 nitrogen and oxygen atoms in total. The van der Waals surface area contributed by atoms with Crippen molar-refractivity contribution < 1.29 is 53.5 Å². The van der Waals surface area contributed by atoms with Crippen LogP contribution in [-0.4, -0.2) is 83.4 Å². The molecular formula is C32H33B2N3O11. The van der Waals surface area contributed by atoms with E-state index in [4.69, 9.17) is 14.4 Å². The number of hydrogen-bond donors (Lipinski definition) is 7. The van der Waals surface area contributed by atoms with Crippen molar-refractivity contribution in [2.75, 3.05) is 13.2 Å². The zero-order chi connectivity index (χ0) is 34.4. The first-order valence-corrected chi connectivity index (χ1v) is 15.3. The van der Waals surface area contributed by atoms with Crippen LogP contribution in [0.2, 0.25) is 0 Å². The minimum Gasteiger partial charge on any atom is -0.481 e.